The van der Waals surface area contributed by atoms with Crippen LogP contribution in [0.1, 0.15) is 24.3 Å². The molecule has 170 valence electrons. The van der Waals surface area contributed by atoms with Gasteiger partial charge in [0, 0.05) is 40.8 Å². The minimum absolute atomic E-state index is 0.135. The van der Waals surface area contributed by atoms with Crippen molar-refractivity contribution in [1.29, 1.82) is 0 Å². The Hall–Kier alpha value is -2.31. The molecule has 3 aromatic rings. The molecule has 1 amide bonds. The van der Waals surface area contributed by atoms with Crippen molar-refractivity contribution in [3.05, 3.63) is 58.4 Å². The van der Waals surface area contributed by atoms with Gasteiger partial charge < -0.3 is 5.32 Å². The molecule has 12 heteroatoms. The fourth-order valence-corrected chi connectivity index (χ4v) is 6.02. The highest BCUT2D eigenvalue weighted by Gasteiger charge is 2.41. The van der Waals surface area contributed by atoms with E-state index >= 15 is 0 Å². The van der Waals surface area contributed by atoms with E-state index in [1.54, 1.807) is 6.20 Å². The number of hydrogen-bond acceptors (Lipinski definition) is 5. The van der Waals surface area contributed by atoms with Crippen molar-refractivity contribution >= 4 is 44.7 Å². The average molecular weight is 498 g/mol. The Morgan fingerprint density at radius 3 is 2.84 bits per heavy atom. The smallest absolute Gasteiger partial charge is 0.280 e. The van der Waals surface area contributed by atoms with Crippen molar-refractivity contribution in [1.82, 2.24) is 18.8 Å². The maximum atomic E-state index is 13.4. The first-order valence-electron chi connectivity index (χ1n) is 9.81. The van der Waals surface area contributed by atoms with Crippen LogP contribution < -0.4 is 10.0 Å². The zero-order valence-corrected chi connectivity index (χ0v) is 19.6. The number of thiophene rings is 1. The van der Waals surface area contributed by atoms with E-state index in [0.29, 0.717) is 0 Å². The van der Waals surface area contributed by atoms with Crippen LogP contribution in [-0.2, 0) is 21.5 Å². The van der Waals surface area contributed by atoms with Crippen molar-refractivity contribution in [3.63, 3.8) is 0 Å². The number of anilines is 1. The first kappa shape index (κ1) is 22.9. The summed E-state index contributed by atoms with van der Waals surface area (Å²) in [5.41, 5.74) is 1.23. The van der Waals surface area contributed by atoms with Gasteiger partial charge in [-0.05, 0) is 43.7 Å². The Balaban J connectivity index is 1.56. The summed E-state index contributed by atoms with van der Waals surface area (Å²) < 4.78 is 44.3. The van der Waals surface area contributed by atoms with Crippen LogP contribution >= 0.6 is 22.9 Å². The Labute approximate surface area is 194 Å². The number of nitrogens with zero attached hydrogens (tertiary/aromatic N) is 3. The van der Waals surface area contributed by atoms with E-state index in [2.05, 4.69) is 15.1 Å². The largest absolute Gasteiger partial charge is 0.325 e. The lowest BCUT2D eigenvalue weighted by atomic mass is 10.1. The van der Waals surface area contributed by atoms with Gasteiger partial charge in [0.15, 0.2) is 0 Å². The maximum Gasteiger partial charge on any atom is 0.280 e. The fraction of sp³-hybridized carbons (Fsp3) is 0.300. The first-order chi connectivity index (χ1) is 15.2. The summed E-state index contributed by atoms with van der Waals surface area (Å²) >= 11 is 7.23. The highest BCUT2D eigenvalue weighted by atomic mass is 35.5. The first-order valence-corrected chi connectivity index (χ1v) is 12.4. The van der Waals surface area contributed by atoms with E-state index in [1.165, 1.54) is 30.5 Å². The lowest BCUT2D eigenvalue weighted by Crippen LogP contribution is -2.55. The molecule has 1 aliphatic heterocycles. The fourth-order valence-electron chi connectivity index (χ4n) is 3.46. The molecule has 0 spiro atoms. The van der Waals surface area contributed by atoms with E-state index in [0.717, 1.165) is 32.2 Å². The van der Waals surface area contributed by atoms with Crippen LogP contribution in [0, 0.1) is 5.82 Å². The molecule has 0 unspecified atom stereocenters. The predicted octanol–water partition coefficient (Wildman–Crippen LogP) is 3.64. The summed E-state index contributed by atoms with van der Waals surface area (Å²) in [5.74, 6) is -1.13. The molecule has 0 radical (unpaired) electrons. The zero-order valence-electron chi connectivity index (χ0n) is 17.2. The summed E-state index contributed by atoms with van der Waals surface area (Å²) in [6, 6.07) is 6.04. The minimum atomic E-state index is -3.89. The molecule has 1 fully saturated rings. The van der Waals surface area contributed by atoms with Gasteiger partial charge in [-0.3, -0.25) is 9.48 Å². The molecule has 0 bridgehead atoms. The number of aromatic nitrogens is 2. The molecule has 1 saturated heterocycles. The summed E-state index contributed by atoms with van der Waals surface area (Å²) in [6.07, 6.45) is 3.92. The summed E-state index contributed by atoms with van der Waals surface area (Å²) in [7, 11) is -2.54. The van der Waals surface area contributed by atoms with Crippen LogP contribution in [0.25, 0.3) is 10.4 Å². The lowest BCUT2D eigenvalue weighted by molar-refractivity contribution is -0.120. The number of hydrogen-bond donors (Lipinski definition) is 2. The second-order valence-electron chi connectivity index (χ2n) is 7.35. The molecular weight excluding hydrogens is 477 g/mol. The number of carbonyl (C=O) groups is 1. The predicted molar refractivity (Wildman–Crippen MR) is 122 cm³/mol. The molecular formula is C20H21ClFN5O3S2. The number of likely N-dealkylation sites (N-methyl/N-ethyl adjacent to an activating group) is 1. The van der Waals surface area contributed by atoms with E-state index in [9.17, 15) is 17.6 Å². The monoisotopic (exact) mass is 497 g/mol. The molecule has 4 rings (SSSR count). The Morgan fingerprint density at radius 1 is 1.38 bits per heavy atom. The van der Waals surface area contributed by atoms with Gasteiger partial charge in [0.05, 0.1) is 17.3 Å². The third-order valence-corrected chi connectivity index (χ3v) is 8.40. The van der Waals surface area contributed by atoms with Crippen LogP contribution in [-0.4, -0.2) is 41.5 Å². The lowest BCUT2D eigenvalue weighted by Gasteiger charge is -2.35. The number of carbonyl (C=O) groups excluding carboxylic acids is 1. The van der Waals surface area contributed by atoms with Crippen LogP contribution in [0.3, 0.4) is 0 Å². The normalized spacial score (nSPS) is 20.9. The van der Waals surface area contributed by atoms with Gasteiger partial charge in [-0.2, -0.15) is 22.5 Å². The topological polar surface area (TPSA) is 96.3 Å². The van der Waals surface area contributed by atoms with Gasteiger partial charge in [0.25, 0.3) is 10.2 Å². The average Bonchev–Trinajstić information content (AvgIpc) is 3.42. The standard InChI is InChI=1S/C20H21ClFN5O3S2/c1-3-27-11-12(10-23-27)18-6-7-19(31-18)16-9-17(26(2)32(29,30)25-16)20(28)24-13-4-5-15(22)14(21)8-13/h4-8,10-11,16-17,25H,3,9H2,1-2H3,(H,24,28)/t16-,17+/m0/s1. The summed E-state index contributed by atoms with van der Waals surface area (Å²) in [6.45, 7) is 2.75. The quantitative estimate of drug-likeness (QED) is 0.562. The third kappa shape index (κ3) is 4.57. The van der Waals surface area contributed by atoms with Crippen molar-refractivity contribution in [2.45, 2.75) is 32.0 Å². The Morgan fingerprint density at radius 2 is 2.16 bits per heavy atom. The second kappa shape index (κ2) is 8.91. The molecule has 8 nitrogen and oxygen atoms in total. The molecule has 3 heterocycles. The molecule has 2 atom stereocenters. The Bertz CT molecular complexity index is 1260. The van der Waals surface area contributed by atoms with Gasteiger partial charge in [0.2, 0.25) is 5.91 Å². The van der Waals surface area contributed by atoms with Crippen molar-refractivity contribution in [2.24, 2.45) is 0 Å². The summed E-state index contributed by atoms with van der Waals surface area (Å²) in [5, 5.41) is 6.77. The molecule has 2 aromatic heterocycles. The molecule has 32 heavy (non-hydrogen) atoms. The van der Waals surface area contributed by atoms with Gasteiger partial charge in [-0.1, -0.05) is 11.6 Å². The number of aryl methyl sites for hydroxylation is 1. The molecule has 0 aliphatic carbocycles. The summed E-state index contributed by atoms with van der Waals surface area (Å²) in [4.78, 5) is 14.7. The van der Waals surface area contributed by atoms with E-state index in [4.69, 9.17) is 11.6 Å². The highest BCUT2D eigenvalue weighted by Crippen LogP contribution is 2.36. The molecule has 1 aliphatic rings. The van der Waals surface area contributed by atoms with Crippen LogP contribution in [0.5, 0.6) is 0 Å². The van der Waals surface area contributed by atoms with Crippen molar-refractivity contribution in [3.8, 4) is 10.4 Å². The zero-order chi connectivity index (χ0) is 23.0. The number of rotatable bonds is 5. The van der Waals surface area contributed by atoms with Gasteiger partial charge in [-0.25, -0.2) is 4.39 Å². The minimum Gasteiger partial charge on any atom is -0.325 e. The maximum absolute atomic E-state index is 13.4. The van der Waals surface area contributed by atoms with Crippen LogP contribution in [0.2, 0.25) is 5.02 Å². The van der Waals surface area contributed by atoms with Gasteiger partial charge >= 0.3 is 0 Å². The van der Waals surface area contributed by atoms with Gasteiger partial charge in [0.1, 0.15) is 11.9 Å². The van der Waals surface area contributed by atoms with Crippen molar-refractivity contribution in [2.75, 3.05) is 12.4 Å². The highest BCUT2D eigenvalue weighted by molar-refractivity contribution is 7.87. The van der Waals surface area contributed by atoms with E-state index in [1.807, 2.05) is 29.9 Å². The SMILES string of the molecule is CCn1cc(-c2ccc([C@@H]3C[C@H](C(=O)Nc4ccc(F)c(Cl)c4)N(C)S(=O)(=O)N3)s2)cn1. The van der Waals surface area contributed by atoms with Crippen LogP contribution in [0.4, 0.5) is 10.1 Å². The molecule has 0 saturated carbocycles. The van der Waals surface area contributed by atoms with Crippen LogP contribution in [0.15, 0.2) is 42.7 Å². The number of nitrogens with one attached hydrogen (secondary N) is 2. The molecule has 1 aromatic carbocycles. The van der Waals surface area contributed by atoms with E-state index in [-0.39, 0.29) is 17.1 Å². The number of halogens is 2. The Kier molecular flexibility index (Phi) is 6.37. The van der Waals surface area contributed by atoms with Gasteiger partial charge in [-0.15, -0.1) is 11.3 Å². The third-order valence-electron chi connectivity index (χ3n) is 5.27. The second-order valence-corrected chi connectivity index (χ2v) is 10.6. The number of benzene rings is 1. The number of amides is 1. The molecule has 2 N–H and O–H groups in total. The van der Waals surface area contributed by atoms with Crippen molar-refractivity contribution < 1.29 is 17.6 Å². The van der Waals surface area contributed by atoms with E-state index < -0.39 is 34.0 Å².